The fourth-order valence-electron chi connectivity index (χ4n) is 3.50. The molecule has 29 heavy (non-hydrogen) atoms. The van der Waals surface area contributed by atoms with Gasteiger partial charge in [0, 0.05) is 24.6 Å². The molecule has 0 N–H and O–H groups in total. The van der Waals surface area contributed by atoms with Gasteiger partial charge in [0.15, 0.2) is 5.82 Å². The minimum atomic E-state index is -3.65. The Morgan fingerprint density at radius 2 is 1.76 bits per heavy atom. The third-order valence-corrected chi connectivity index (χ3v) is 7.22. The standard InChI is InChI=1S/C21H22FN3O3S/c1-14-3-5-17(6-4-14)21-23-20(24-28-21)16-9-11-25(12-10-16)29(26,27)18-7-8-19(22)15(2)13-18/h3-8,13,16H,9-12H2,1-2H3. The van der Waals surface area contributed by atoms with E-state index in [0.717, 1.165) is 11.1 Å². The van der Waals surface area contributed by atoms with Crippen molar-refractivity contribution in [3.63, 3.8) is 0 Å². The first-order chi connectivity index (χ1) is 13.8. The van der Waals surface area contributed by atoms with Gasteiger partial charge in [0.05, 0.1) is 4.90 Å². The van der Waals surface area contributed by atoms with E-state index in [2.05, 4.69) is 10.1 Å². The van der Waals surface area contributed by atoms with Crippen LogP contribution in [-0.2, 0) is 10.0 Å². The van der Waals surface area contributed by atoms with Crippen LogP contribution in [0.1, 0.15) is 35.7 Å². The predicted molar refractivity (Wildman–Crippen MR) is 106 cm³/mol. The normalized spacial score (nSPS) is 16.2. The first-order valence-corrected chi connectivity index (χ1v) is 11.0. The zero-order chi connectivity index (χ0) is 20.6. The molecule has 0 saturated carbocycles. The lowest BCUT2D eigenvalue weighted by atomic mass is 9.97. The van der Waals surface area contributed by atoms with Crippen molar-refractivity contribution >= 4 is 10.0 Å². The molecule has 2 heterocycles. The number of hydrogen-bond donors (Lipinski definition) is 0. The number of halogens is 1. The molecule has 0 unspecified atom stereocenters. The van der Waals surface area contributed by atoms with Gasteiger partial charge in [0.1, 0.15) is 5.82 Å². The Hall–Kier alpha value is -2.58. The summed E-state index contributed by atoms with van der Waals surface area (Å²) in [4.78, 5) is 4.63. The molecular formula is C21H22FN3O3S. The topological polar surface area (TPSA) is 76.3 Å². The van der Waals surface area contributed by atoms with Crippen molar-refractivity contribution in [2.45, 2.75) is 37.5 Å². The molecule has 0 aliphatic carbocycles. The summed E-state index contributed by atoms with van der Waals surface area (Å²) < 4.78 is 46.1. The van der Waals surface area contributed by atoms with Gasteiger partial charge in [-0.3, -0.25) is 0 Å². The Kier molecular flexibility index (Phi) is 5.23. The molecule has 0 radical (unpaired) electrons. The number of sulfonamides is 1. The van der Waals surface area contributed by atoms with E-state index >= 15 is 0 Å². The lowest BCUT2D eigenvalue weighted by Gasteiger charge is -2.29. The second-order valence-electron chi connectivity index (χ2n) is 7.41. The van der Waals surface area contributed by atoms with Gasteiger partial charge in [-0.15, -0.1) is 0 Å². The van der Waals surface area contributed by atoms with Crippen molar-refractivity contribution in [2.24, 2.45) is 0 Å². The van der Waals surface area contributed by atoms with Crippen molar-refractivity contribution in [3.8, 4) is 11.5 Å². The molecule has 0 amide bonds. The average molecular weight is 415 g/mol. The van der Waals surface area contributed by atoms with Gasteiger partial charge in [-0.25, -0.2) is 12.8 Å². The maximum atomic E-state index is 13.5. The predicted octanol–water partition coefficient (Wildman–Crippen LogP) is 4.06. The highest BCUT2D eigenvalue weighted by molar-refractivity contribution is 7.89. The zero-order valence-electron chi connectivity index (χ0n) is 16.3. The average Bonchev–Trinajstić information content (AvgIpc) is 3.21. The van der Waals surface area contributed by atoms with Gasteiger partial charge in [-0.2, -0.15) is 9.29 Å². The van der Waals surface area contributed by atoms with E-state index < -0.39 is 15.8 Å². The Bertz CT molecular complexity index is 1120. The van der Waals surface area contributed by atoms with E-state index in [0.29, 0.717) is 43.2 Å². The lowest BCUT2D eigenvalue weighted by Crippen LogP contribution is -2.38. The summed E-state index contributed by atoms with van der Waals surface area (Å²) in [5.41, 5.74) is 2.33. The molecule has 0 atom stereocenters. The molecule has 1 aliphatic rings. The molecule has 1 fully saturated rings. The van der Waals surface area contributed by atoms with Crippen LogP contribution in [0.3, 0.4) is 0 Å². The van der Waals surface area contributed by atoms with E-state index in [1.807, 2.05) is 31.2 Å². The van der Waals surface area contributed by atoms with Crippen LogP contribution in [0.25, 0.3) is 11.5 Å². The maximum absolute atomic E-state index is 13.5. The minimum Gasteiger partial charge on any atom is -0.334 e. The molecule has 0 bridgehead atoms. The molecule has 0 spiro atoms. The molecule has 1 aromatic heterocycles. The molecule has 1 saturated heterocycles. The SMILES string of the molecule is Cc1ccc(-c2nc(C3CCN(S(=O)(=O)c4ccc(F)c(C)c4)CC3)no2)cc1. The summed E-state index contributed by atoms with van der Waals surface area (Å²) in [6, 6.07) is 11.7. The lowest BCUT2D eigenvalue weighted by molar-refractivity contribution is 0.307. The highest BCUT2D eigenvalue weighted by atomic mass is 32.2. The van der Waals surface area contributed by atoms with Crippen LogP contribution < -0.4 is 0 Å². The summed E-state index contributed by atoms with van der Waals surface area (Å²) in [6.45, 7) is 4.29. The van der Waals surface area contributed by atoms with Gasteiger partial charge in [0.25, 0.3) is 5.89 Å². The maximum Gasteiger partial charge on any atom is 0.257 e. The molecule has 4 rings (SSSR count). The van der Waals surface area contributed by atoms with E-state index in [-0.39, 0.29) is 10.8 Å². The monoisotopic (exact) mass is 415 g/mol. The first-order valence-electron chi connectivity index (χ1n) is 9.51. The van der Waals surface area contributed by atoms with Crippen LogP contribution in [-0.4, -0.2) is 36.0 Å². The van der Waals surface area contributed by atoms with Crippen LogP contribution >= 0.6 is 0 Å². The Labute approximate surface area is 169 Å². The first kappa shape index (κ1) is 19.7. The van der Waals surface area contributed by atoms with Gasteiger partial charge in [-0.05, 0) is 62.6 Å². The number of benzene rings is 2. The number of rotatable bonds is 4. The van der Waals surface area contributed by atoms with E-state index in [9.17, 15) is 12.8 Å². The minimum absolute atomic E-state index is 0.0411. The summed E-state index contributed by atoms with van der Waals surface area (Å²) in [5, 5.41) is 4.11. The Morgan fingerprint density at radius 3 is 2.41 bits per heavy atom. The van der Waals surface area contributed by atoms with Crippen molar-refractivity contribution in [1.29, 1.82) is 0 Å². The highest BCUT2D eigenvalue weighted by Gasteiger charge is 2.32. The van der Waals surface area contributed by atoms with Crippen LogP contribution in [0.5, 0.6) is 0 Å². The Balaban J connectivity index is 1.45. The fraction of sp³-hybridized carbons (Fsp3) is 0.333. The van der Waals surface area contributed by atoms with E-state index in [4.69, 9.17) is 4.52 Å². The van der Waals surface area contributed by atoms with Gasteiger partial charge < -0.3 is 4.52 Å². The number of piperidine rings is 1. The molecule has 2 aromatic carbocycles. The second-order valence-corrected chi connectivity index (χ2v) is 9.35. The molecular weight excluding hydrogens is 393 g/mol. The van der Waals surface area contributed by atoms with Gasteiger partial charge in [0.2, 0.25) is 10.0 Å². The van der Waals surface area contributed by atoms with Crippen LogP contribution in [0.15, 0.2) is 51.9 Å². The zero-order valence-corrected chi connectivity index (χ0v) is 17.1. The van der Waals surface area contributed by atoms with Gasteiger partial charge >= 0.3 is 0 Å². The quantitative estimate of drug-likeness (QED) is 0.642. The summed E-state index contributed by atoms with van der Waals surface area (Å²) >= 11 is 0. The summed E-state index contributed by atoms with van der Waals surface area (Å²) in [7, 11) is -3.65. The van der Waals surface area contributed by atoms with Crippen LogP contribution in [0, 0.1) is 19.7 Å². The van der Waals surface area contributed by atoms with Crippen LogP contribution in [0.2, 0.25) is 0 Å². The third-order valence-electron chi connectivity index (χ3n) is 5.33. The number of aromatic nitrogens is 2. The number of aryl methyl sites for hydroxylation is 2. The number of nitrogens with zero attached hydrogens (tertiary/aromatic N) is 3. The third kappa shape index (κ3) is 3.95. The molecule has 8 heteroatoms. The van der Waals surface area contributed by atoms with Crippen molar-refractivity contribution < 1.29 is 17.3 Å². The van der Waals surface area contributed by atoms with E-state index in [1.165, 1.54) is 22.5 Å². The molecule has 1 aliphatic heterocycles. The molecule has 152 valence electrons. The van der Waals surface area contributed by atoms with Crippen LogP contribution in [0.4, 0.5) is 4.39 Å². The summed E-state index contributed by atoms with van der Waals surface area (Å²) in [5.74, 6) is 0.704. The largest absolute Gasteiger partial charge is 0.334 e. The van der Waals surface area contributed by atoms with Gasteiger partial charge in [-0.1, -0.05) is 22.9 Å². The smallest absolute Gasteiger partial charge is 0.257 e. The molecule has 3 aromatic rings. The van der Waals surface area contributed by atoms with Crippen molar-refractivity contribution in [1.82, 2.24) is 14.4 Å². The fourth-order valence-corrected chi connectivity index (χ4v) is 5.05. The Morgan fingerprint density at radius 1 is 1.07 bits per heavy atom. The summed E-state index contributed by atoms with van der Waals surface area (Å²) in [6.07, 6.45) is 1.21. The van der Waals surface area contributed by atoms with E-state index in [1.54, 1.807) is 6.92 Å². The highest BCUT2D eigenvalue weighted by Crippen LogP contribution is 2.31. The van der Waals surface area contributed by atoms with Crippen molar-refractivity contribution in [3.05, 3.63) is 65.2 Å². The molecule has 6 nitrogen and oxygen atoms in total. The van der Waals surface area contributed by atoms with Crippen molar-refractivity contribution in [2.75, 3.05) is 13.1 Å². The second kappa shape index (κ2) is 7.68. The number of hydrogen-bond acceptors (Lipinski definition) is 5.